The lowest BCUT2D eigenvalue weighted by Crippen LogP contribution is -2.16. The van der Waals surface area contributed by atoms with Crippen LogP contribution in [0.1, 0.15) is 21.8 Å². The number of oxazole rings is 1. The third-order valence-electron chi connectivity index (χ3n) is 2.57. The van der Waals surface area contributed by atoms with Crippen molar-refractivity contribution < 1.29 is 18.8 Å². The Labute approximate surface area is 112 Å². The molecule has 1 amide bonds. The summed E-state index contributed by atoms with van der Waals surface area (Å²) in [6.07, 6.45) is 1.13. The van der Waals surface area contributed by atoms with Crippen molar-refractivity contribution in [3.05, 3.63) is 47.4 Å². The highest BCUT2D eigenvalue weighted by atomic mass is 19.1. The van der Waals surface area contributed by atoms with Crippen LogP contribution in [0.15, 0.2) is 34.2 Å². The highest BCUT2D eigenvalue weighted by Crippen LogP contribution is 2.17. The molecule has 8 heteroatoms. The first-order valence-electron chi connectivity index (χ1n) is 5.52. The molecule has 104 valence electrons. The van der Waals surface area contributed by atoms with E-state index in [9.17, 15) is 9.18 Å². The van der Waals surface area contributed by atoms with Gasteiger partial charge in [-0.25, -0.2) is 9.37 Å². The fraction of sp³-hybridized carbons (Fsp3) is 0.0833. The average molecular weight is 278 g/mol. The van der Waals surface area contributed by atoms with Crippen LogP contribution < -0.4 is 11.1 Å². The van der Waals surface area contributed by atoms with Gasteiger partial charge in [-0.3, -0.25) is 4.79 Å². The Morgan fingerprint density at radius 3 is 2.85 bits per heavy atom. The van der Waals surface area contributed by atoms with Crippen molar-refractivity contribution in [3.8, 4) is 0 Å². The summed E-state index contributed by atoms with van der Waals surface area (Å²) in [5.41, 5.74) is 5.87. The Hall–Kier alpha value is -2.90. The van der Waals surface area contributed by atoms with Crippen molar-refractivity contribution in [2.45, 2.75) is 6.92 Å². The molecule has 4 N–H and O–H groups in total. The zero-order valence-electron chi connectivity index (χ0n) is 10.4. The second kappa shape index (κ2) is 5.39. The fourth-order valence-corrected chi connectivity index (χ4v) is 1.53. The first-order valence-corrected chi connectivity index (χ1v) is 5.52. The highest BCUT2D eigenvalue weighted by molar-refractivity contribution is 6.03. The second-order valence-corrected chi connectivity index (χ2v) is 3.90. The number of aryl methyl sites for hydroxylation is 1. The van der Waals surface area contributed by atoms with Gasteiger partial charge < -0.3 is 20.7 Å². The standard InChI is InChI=1S/C12H11FN4O3/c1-6-10(20-5-15-6)12(18)16-9-3-2-7(4-8(9)13)11(14)17-19/h2-5,19H,1H3,(H2,14,17)(H,16,18). The summed E-state index contributed by atoms with van der Waals surface area (Å²) >= 11 is 0. The number of anilines is 1. The van der Waals surface area contributed by atoms with E-state index >= 15 is 0 Å². The van der Waals surface area contributed by atoms with Crippen LogP contribution >= 0.6 is 0 Å². The van der Waals surface area contributed by atoms with Crippen LogP contribution in [0.2, 0.25) is 0 Å². The van der Waals surface area contributed by atoms with Crippen LogP contribution in [-0.2, 0) is 0 Å². The SMILES string of the molecule is Cc1ncoc1C(=O)Nc1ccc(/C(N)=N/O)cc1F. The molecule has 1 aromatic heterocycles. The molecule has 2 rings (SSSR count). The summed E-state index contributed by atoms with van der Waals surface area (Å²) in [4.78, 5) is 15.6. The van der Waals surface area contributed by atoms with Crippen LogP contribution in [0.5, 0.6) is 0 Å². The second-order valence-electron chi connectivity index (χ2n) is 3.90. The van der Waals surface area contributed by atoms with Gasteiger partial charge in [0, 0.05) is 5.56 Å². The van der Waals surface area contributed by atoms with Crippen LogP contribution in [0, 0.1) is 12.7 Å². The summed E-state index contributed by atoms with van der Waals surface area (Å²) < 4.78 is 18.7. The van der Waals surface area contributed by atoms with E-state index in [1.165, 1.54) is 12.1 Å². The zero-order valence-corrected chi connectivity index (χ0v) is 10.4. The molecule has 0 saturated heterocycles. The molecular formula is C12H11FN4O3. The van der Waals surface area contributed by atoms with Crippen molar-refractivity contribution in [1.82, 2.24) is 4.98 Å². The minimum atomic E-state index is -0.723. The molecule has 0 unspecified atom stereocenters. The number of amidine groups is 1. The lowest BCUT2D eigenvalue weighted by molar-refractivity contribution is 0.0995. The molecular weight excluding hydrogens is 267 g/mol. The smallest absolute Gasteiger partial charge is 0.293 e. The first kappa shape index (κ1) is 13.5. The number of nitrogens with one attached hydrogen (secondary N) is 1. The van der Waals surface area contributed by atoms with Crippen LogP contribution in [0.25, 0.3) is 0 Å². The summed E-state index contributed by atoms with van der Waals surface area (Å²) in [6, 6.07) is 3.74. The van der Waals surface area contributed by atoms with Gasteiger partial charge in [-0.15, -0.1) is 0 Å². The van der Waals surface area contributed by atoms with E-state index < -0.39 is 11.7 Å². The number of amides is 1. The van der Waals surface area contributed by atoms with Crippen molar-refractivity contribution in [1.29, 1.82) is 0 Å². The van der Waals surface area contributed by atoms with Gasteiger partial charge in [0.2, 0.25) is 5.76 Å². The maximum Gasteiger partial charge on any atom is 0.293 e. The molecule has 0 bridgehead atoms. The normalized spacial score (nSPS) is 11.4. The van der Waals surface area contributed by atoms with Gasteiger partial charge in [0.05, 0.1) is 11.4 Å². The number of benzene rings is 1. The number of nitrogens with zero attached hydrogens (tertiary/aromatic N) is 2. The monoisotopic (exact) mass is 278 g/mol. The predicted octanol–water partition coefficient (Wildman–Crippen LogP) is 1.47. The lowest BCUT2D eigenvalue weighted by Gasteiger charge is -2.06. The molecule has 20 heavy (non-hydrogen) atoms. The van der Waals surface area contributed by atoms with Gasteiger partial charge in [0.1, 0.15) is 5.82 Å². The molecule has 7 nitrogen and oxygen atoms in total. The zero-order chi connectivity index (χ0) is 14.7. The summed E-state index contributed by atoms with van der Waals surface area (Å²) in [5.74, 6) is -1.56. The van der Waals surface area contributed by atoms with Gasteiger partial charge in [0.15, 0.2) is 12.2 Å². The minimum absolute atomic E-state index is 0.00455. The Bertz CT molecular complexity index is 681. The Balaban J connectivity index is 2.23. The number of nitrogens with two attached hydrogens (primary N) is 1. The van der Waals surface area contributed by atoms with Crippen molar-refractivity contribution in [2.24, 2.45) is 10.9 Å². The van der Waals surface area contributed by atoms with Gasteiger partial charge in [-0.05, 0) is 25.1 Å². The van der Waals surface area contributed by atoms with Crippen LogP contribution in [-0.4, -0.2) is 21.9 Å². The van der Waals surface area contributed by atoms with Gasteiger partial charge in [-0.2, -0.15) is 0 Å². The van der Waals surface area contributed by atoms with Crippen LogP contribution in [0.3, 0.4) is 0 Å². The number of carbonyl (C=O) groups excluding carboxylic acids is 1. The number of rotatable bonds is 3. The van der Waals surface area contributed by atoms with E-state index in [-0.39, 0.29) is 22.8 Å². The molecule has 0 spiro atoms. The number of hydrogen-bond donors (Lipinski definition) is 3. The quantitative estimate of drug-likeness (QED) is 0.340. The van der Waals surface area contributed by atoms with E-state index in [0.29, 0.717) is 5.69 Å². The molecule has 1 heterocycles. The van der Waals surface area contributed by atoms with Crippen LogP contribution in [0.4, 0.5) is 10.1 Å². The topological polar surface area (TPSA) is 114 Å². The molecule has 2 aromatic rings. The van der Waals surface area contributed by atoms with E-state index in [2.05, 4.69) is 15.5 Å². The predicted molar refractivity (Wildman–Crippen MR) is 68.1 cm³/mol. The first-order chi connectivity index (χ1) is 9.52. The minimum Gasteiger partial charge on any atom is -0.438 e. The van der Waals surface area contributed by atoms with E-state index in [4.69, 9.17) is 15.4 Å². The molecule has 0 aliphatic heterocycles. The average Bonchev–Trinajstić information content (AvgIpc) is 2.86. The molecule has 0 atom stereocenters. The fourth-order valence-electron chi connectivity index (χ4n) is 1.53. The van der Waals surface area contributed by atoms with Gasteiger partial charge in [-0.1, -0.05) is 5.16 Å². The van der Waals surface area contributed by atoms with Crippen molar-refractivity contribution >= 4 is 17.4 Å². The van der Waals surface area contributed by atoms with Gasteiger partial charge in [0.25, 0.3) is 5.91 Å². The van der Waals surface area contributed by atoms with E-state index in [1.807, 2.05) is 0 Å². The number of halogens is 1. The summed E-state index contributed by atoms with van der Waals surface area (Å²) in [5, 5.41) is 13.6. The highest BCUT2D eigenvalue weighted by Gasteiger charge is 2.16. The number of oxime groups is 1. The summed E-state index contributed by atoms with van der Waals surface area (Å²) in [6.45, 7) is 1.59. The molecule has 0 fully saturated rings. The Morgan fingerprint density at radius 1 is 1.55 bits per heavy atom. The summed E-state index contributed by atoms with van der Waals surface area (Å²) in [7, 11) is 0. The maximum atomic E-state index is 13.8. The lowest BCUT2D eigenvalue weighted by atomic mass is 10.2. The maximum absolute atomic E-state index is 13.8. The largest absolute Gasteiger partial charge is 0.438 e. The number of aromatic nitrogens is 1. The van der Waals surface area contributed by atoms with Crippen molar-refractivity contribution in [3.63, 3.8) is 0 Å². The molecule has 0 aliphatic rings. The Morgan fingerprint density at radius 2 is 2.30 bits per heavy atom. The number of hydrogen-bond acceptors (Lipinski definition) is 5. The van der Waals surface area contributed by atoms with E-state index in [1.54, 1.807) is 6.92 Å². The van der Waals surface area contributed by atoms with Gasteiger partial charge >= 0.3 is 0 Å². The van der Waals surface area contributed by atoms with Crippen molar-refractivity contribution in [2.75, 3.05) is 5.32 Å². The molecule has 0 saturated carbocycles. The third kappa shape index (κ3) is 2.58. The molecule has 0 aliphatic carbocycles. The van der Waals surface area contributed by atoms with E-state index in [0.717, 1.165) is 12.5 Å². The molecule has 1 aromatic carbocycles. The Kier molecular flexibility index (Phi) is 3.65. The molecule has 0 radical (unpaired) electrons. The third-order valence-corrected chi connectivity index (χ3v) is 2.57. The number of carbonyl (C=O) groups is 1.